The first-order chi connectivity index (χ1) is 25.3. The molecular formula is C45H81NO5S. The van der Waals surface area contributed by atoms with E-state index in [2.05, 4.69) is 67.8 Å². The summed E-state index contributed by atoms with van der Waals surface area (Å²) in [4.78, 5) is 12.5. The number of hydrogen-bond acceptors (Lipinski definition) is 4. The molecule has 0 aromatic heterocycles. The highest BCUT2D eigenvalue weighted by Gasteiger charge is 2.24. The number of aliphatic hydroxyl groups is 1. The molecule has 0 radical (unpaired) electrons. The monoisotopic (exact) mass is 748 g/mol. The lowest BCUT2D eigenvalue weighted by atomic mass is 10.0. The van der Waals surface area contributed by atoms with Crippen LogP contribution < -0.4 is 5.32 Å². The number of amides is 1. The van der Waals surface area contributed by atoms with Crippen LogP contribution in [-0.2, 0) is 14.9 Å². The van der Waals surface area contributed by atoms with Crippen LogP contribution in [0.25, 0.3) is 0 Å². The Morgan fingerprint density at radius 3 is 1.37 bits per heavy atom. The second-order valence-corrected chi connectivity index (χ2v) is 16.1. The van der Waals surface area contributed by atoms with Crippen molar-refractivity contribution in [3.63, 3.8) is 0 Å². The first-order valence-corrected chi connectivity index (χ1v) is 23.1. The number of rotatable bonds is 38. The lowest BCUT2D eigenvalue weighted by Crippen LogP contribution is -2.46. The largest absolute Gasteiger partial charge is 0.387 e. The van der Waals surface area contributed by atoms with Gasteiger partial charge in [-0.15, -0.1) is 0 Å². The van der Waals surface area contributed by atoms with Crippen LogP contribution in [0.3, 0.4) is 0 Å². The molecule has 0 spiro atoms. The molecule has 0 rings (SSSR count). The van der Waals surface area contributed by atoms with Gasteiger partial charge in [0.15, 0.2) is 0 Å². The van der Waals surface area contributed by atoms with Gasteiger partial charge in [-0.05, 0) is 57.8 Å². The molecule has 6 nitrogen and oxygen atoms in total. The topological polar surface area (TPSA) is 104 Å². The summed E-state index contributed by atoms with van der Waals surface area (Å²) in [5.41, 5.74) is 0. The van der Waals surface area contributed by atoms with E-state index in [0.717, 1.165) is 70.6 Å². The van der Waals surface area contributed by atoms with Crippen LogP contribution in [0.15, 0.2) is 60.8 Å². The smallest absolute Gasteiger partial charge is 0.267 e. The summed E-state index contributed by atoms with van der Waals surface area (Å²) in [6.07, 6.45) is 53.5. The molecule has 0 aromatic rings. The lowest BCUT2D eigenvalue weighted by molar-refractivity contribution is -0.122. The molecule has 2 unspecified atom stereocenters. The summed E-state index contributed by atoms with van der Waals surface area (Å²) < 4.78 is 32.5. The molecule has 7 heteroatoms. The molecule has 302 valence electrons. The Balaban J connectivity index is 3.94. The SMILES string of the molecule is CC/C=C\C/C=C\C/C=C\C/C=C\CCCCCCC(=O)NC(CS(=O)(=O)O)C(O)/C=C/CCCCCCCCCCCCCCCCCCCC. The van der Waals surface area contributed by atoms with Gasteiger partial charge < -0.3 is 10.4 Å². The predicted molar refractivity (Wildman–Crippen MR) is 225 cm³/mol. The molecule has 0 saturated carbocycles. The minimum Gasteiger partial charge on any atom is -0.387 e. The minimum atomic E-state index is -4.36. The van der Waals surface area contributed by atoms with Crippen molar-refractivity contribution >= 4 is 16.0 Å². The first-order valence-electron chi connectivity index (χ1n) is 21.5. The summed E-state index contributed by atoms with van der Waals surface area (Å²) in [5, 5.41) is 13.2. The van der Waals surface area contributed by atoms with E-state index in [4.69, 9.17) is 0 Å². The number of carbonyl (C=O) groups is 1. The Bertz CT molecular complexity index is 1050. The van der Waals surface area contributed by atoms with Gasteiger partial charge in [0, 0.05) is 6.42 Å². The molecule has 3 N–H and O–H groups in total. The van der Waals surface area contributed by atoms with Crippen molar-refractivity contribution in [3.8, 4) is 0 Å². The van der Waals surface area contributed by atoms with Gasteiger partial charge in [0.1, 0.15) is 0 Å². The van der Waals surface area contributed by atoms with E-state index >= 15 is 0 Å². The fraction of sp³-hybridized carbons (Fsp3) is 0.756. The van der Waals surface area contributed by atoms with Crippen LogP contribution in [0.2, 0.25) is 0 Å². The summed E-state index contributed by atoms with van der Waals surface area (Å²) in [7, 11) is -4.36. The lowest BCUT2D eigenvalue weighted by Gasteiger charge is -2.21. The second-order valence-electron chi connectivity index (χ2n) is 14.6. The molecular weight excluding hydrogens is 667 g/mol. The number of unbranched alkanes of at least 4 members (excludes halogenated alkanes) is 22. The van der Waals surface area contributed by atoms with E-state index in [9.17, 15) is 22.9 Å². The molecule has 0 saturated heterocycles. The Kier molecular flexibility index (Phi) is 37.3. The van der Waals surface area contributed by atoms with Crippen molar-refractivity contribution in [1.29, 1.82) is 0 Å². The van der Waals surface area contributed by atoms with Crippen LogP contribution in [-0.4, -0.2) is 41.9 Å². The third-order valence-electron chi connectivity index (χ3n) is 9.45. The highest BCUT2D eigenvalue weighted by atomic mass is 32.2. The number of allylic oxidation sites excluding steroid dienone is 9. The van der Waals surface area contributed by atoms with Gasteiger partial charge in [-0.2, -0.15) is 8.42 Å². The number of carbonyl (C=O) groups excluding carboxylic acids is 1. The van der Waals surface area contributed by atoms with Crippen molar-refractivity contribution in [1.82, 2.24) is 5.32 Å². The van der Waals surface area contributed by atoms with E-state index in [1.807, 2.05) is 6.08 Å². The average Bonchev–Trinajstić information content (AvgIpc) is 3.11. The zero-order valence-corrected chi connectivity index (χ0v) is 34.5. The van der Waals surface area contributed by atoms with Gasteiger partial charge in [-0.3, -0.25) is 9.35 Å². The Labute approximate surface area is 321 Å². The van der Waals surface area contributed by atoms with Gasteiger partial charge in [-0.1, -0.05) is 197 Å². The average molecular weight is 748 g/mol. The number of aliphatic hydroxyl groups excluding tert-OH is 1. The first kappa shape index (κ1) is 50.0. The number of nitrogens with one attached hydrogen (secondary N) is 1. The van der Waals surface area contributed by atoms with Crippen LogP contribution in [0, 0.1) is 0 Å². The zero-order valence-electron chi connectivity index (χ0n) is 33.7. The quantitative estimate of drug-likeness (QED) is 0.0331. The Hall–Kier alpha value is -1.96. The normalized spacial score (nSPS) is 13.8. The van der Waals surface area contributed by atoms with Crippen LogP contribution in [0.4, 0.5) is 0 Å². The van der Waals surface area contributed by atoms with E-state index < -0.39 is 28.0 Å². The van der Waals surface area contributed by atoms with E-state index in [-0.39, 0.29) is 12.3 Å². The molecule has 0 aliphatic heterocycles. The van der Waals surface area contributed by atoms with Gasteiger partial charge >= 0.3 is 0 Å². The highest BCUT2D eigenvalue weighted by molar-refractivity contribution is 7.85. The molecule has 1 amide bonds. The van der Waals surface area contributed by atoms with Crippen LogP contribution in [0.5, 0.6) is 0 Å². The van der Waals surface area contributed by atoms with Gasteiger partial charge in [0.25, 0.3) is 10.1 Å². The van der Waals surface area contributed by atoms with Crippen molar-refractivity contribution in [2.24, 2.45) is 0 Å². The fourth-order valence-corrected chi connectivity index (χ4v) is 7.00. The molecule has 52 heavy (non-hydrogen) atoms. The Morgan fingerprint density at radius 2 is 0.923 bits per heavy atom. The van der Waals surface area contributed by atoms with E-state index in [1.54, 1.807) is 6.08 Å². The van der Waals surface area contributed by atoms with Gasteiger partial charge in [0.2, 0.25) is 5.91 Å². The second kappa shape index (κ2) is 38.8. The molecule has 0 fully saturated rings. The molecule has 0 aliphatic rings. The standard InChI is InChI=1S/C45H81NO5S/c1-3-5-7-9-11-13-15-17-19-21-22-23-25-26-28-30-32-34-36-38-40-44(47)43(42-52(49,50)51)46-45(48)41-39-37-35-33-31-29-27-24-20-18-16-14-12-10-8-6-4-2/h6,8,12,14,18,20,27,29,38,40,43-44,47H,3-5,7,9-11,13,15-17,19,21-26,28,30-37,39,41-42H2,1-2H3,(H,46,48)(H,49,50,51)/b8-6-,14-12-,20-18-,29-27-,40-38+. The minimum absolute atomic E-state index is 0.266. The van der Waals surface area contributed by atoms with Gasteiger partial charge in [-0.25, -0.2) is 0 Å². The van der Waals surface area contributed by atoms with E-state index in [0.29, 0.717) is 6.42 Å². The molecule has 2 atom stereocenters. The Morgan fingerprint density at radius 1 is 0.538 bits per heavy atom. The molecule has 0 bridgehead atoms. The maximum atomic E-state index is 12.5. The molecule has 0 aromatic carbocycles. The van der Waals surface area contributed by atoms with Crippen molar-refractivity contribution in [2.45, 2.75) is 212 Å². The summed E-state index contributed by atoms with van der Waals surface area (Å²) in [5.74, 6) is -1.01. The van der Waals surface area contributed by atoms with Crippen molar-refractivity contribution < 1.29 is 22.9 Å². The summed E-state index contributed by atoms with van der Waals surface area (Å²) in [6, 6.07) is -1.07. The third-order valence-corrected chi connectivity index (χ3v) is 10.2. The maximum Gasteiger partial charge on any atom is 0.267 e. The van der Waals surface area contributed by atoms with Gasteiger partial charge in [0.05, 0.1) is 17.9 Å². The molecule has 0 heterocycles. The van der Waals surface area contributed by atoms with E-state index in [1.165, 1.54) is 103 Å². The van der Waals surface area contributed by atoms with Crippen LogP contribution >= 0.6 is 0 Å². The summed E-state index contributed by atoms with van der Waals surface area (Å²) >= 11 is 0. The van der Waals surface area contributed by atoms with Crippen LogP contribution in [0.1, 0.15) is 200 Å². The number of hydrogen-bond donors (Lipinski definition) is 3. The molecule has 0 aliphatic carbocycles. The van der Waals surface area contributed by atoms with Crippen molar-refractivity contribution in [3.05, 3.63) is 60.8 Å². The fourth-order valence-electron chi connectivity index (χ4n) is 6.26. The maximum absolute atomic E-state index is 12.5. The highest BCUT2D eigenvalue weighted by Crippen LogP contribution is 2.15. The third kappa shape index (κ3) is 39.3. The predicted octanol–water partition coefficient (Wildman–Crippen LogP) is 12.9. The van der Waals surface area contributed by atoms with Crippen molar-refractivity contribution in [2.75, 3.05) is 5.75 Å². The zero-order chi connectivity index (χ0) is 38.2. The summed E-state index contributed by atoms with van der Waals surface area (Å²) in [6.45, 7) is 4.42.